The maximum absolute atomic E-state index is 13.7. The summed E-state index contributed by atoms with van der Waals surface area (Å²) in [4.78, 5) is 12.7. The second-order valence-corrected chi connectivity index (χ2v) is 9.61. The fraction of sp³-hybridized carbons (Fsp3) is 0.346. The smallest absolute Gasteiger partial charge is 0.399 e. The van der Waals surface area contributed by atoms with Gasteiger partial charge in [0.05, 0.1) is 5.92 Å². The van der Waals surface area contributed by atoms with Crippen molar-refractivity contribution in [2.75, 3.05) is 0 Å². The lowest BCUT2D eigenvalue weighted by Crippen LogP contribution is -2.18. The van der Waals surface area contributed by atoms with Gasteiger partial charge in [-0.25, -0.2) is 0 Å². The molecule has 1 atom stereocenters. The number of carbonyl (C=O) groups excluding carboxylic acids is 1. The number of halogens is 5. The van der Waals surface area contributed by atoms with Gasteiger partial charge in [0.15, 0.2) is 5.78 Å². The van der Waals surface area contributed by atoms with Crippen LogP contribution >= 0.6 is 23.2 Å². The van der Waals surface area contributed by atoms with Gasteiger partial charge < -0.3 is 4.42 Å². The lowest BCUT2D eigenvalue weighted by atomic mass is 9.95. The van der Waals surface area contributed by atoms with Crippen molar-refractivity contribution in [2.24, 2.45) is 0 Å². The number of aryl methyl sites for hydroxylation is 2. The van der Waals surface area contributed by atoms with E-state index < -0.39 is 12.1 Å². The Hall–Kier alpha value is -2.64. The predicted octanol–water partition coefficient (Wildman–Crippen LogP) is 8.13. The molecule has 0 spiro atoms. The summed E-state index contributed by atoms with van der Waals surface area (Å²) in [5.74, 6) is -0.302. The number of benzene rings is 2. The minimum Gasteiger partial charge on any atom is -0.425 e. The molecule has 1 heterocycles. The highest BCUT2D eigenvalue weighted by Crippen LogP contribution is 2.39. The summed E-state index contributed by atoms with van der Waals surface area (Å²) in [6.45, 7) is 1.77. The maximum Gasteiger partial charge on any atom is 0.399 e. The van der Waals surface area contributed by atoms with Gasteiger partial charge in [-0.1, -0.05) is 53.6 Å². The number of hydrogen-bond donors (Lipinski definition) is 0. The van der Waals surface area contributed by atoms with E-state index in [2.05, 4.69) is 10.2 Å². The van der Waals surface area contributed by atoms with E-state index in [1.807, 2.05) is 0 Å². The fourth-order valence-electron chi connectivity index (χ4n) is 3.87. The van der Waals surface area contributed by atoms with Gasteiger partial charge in [0.2, 0.25) is 11.8 Å². The molecule has 1 aromatic heterocycles. The van der Waals surface area contributed by atoms with Crippen molar-refractivity contribution in [1.82, 2.24) is 10.2 Å². The van der Waals surface area contributed by atoms with Crippen LogP contribution in [0.25, 0.3) is 6.08 Å². The van der Waals surface area contributed by atoms with Crippen LogP contribution in [-0.2, 0) is 6.42 Å². The molecular formula is C26H23Cl2F3N2O2. The number of aromatic nitrogens is 2. The van der Waals surface area contributed by atoms with Crippen molar-refractivity contribution in [1.29, 1.82) is 0 Å². The summed E-state index contributed by atoms with van der Waals surface area (Å²) in [5, 5.41) is 8.34. The SMILES string of the molecule is Cc1cc(/C=C/C(c2cc(Cl)cc(Cl)c2)C(F)(F)F)ccc1C(=O)CCCc1nnc(C2CC2)o1. The lowest BCUT2D eigenvalue weighted by Gasteiger charge is -2.18. The zero-order chi connectivity index (χ0) is 25.2. The third-order valence-electron chi connectivity index (χ3n) is 5.83. The second-order valence-electron chi connectivity index (χ2n) is 8.74. The minimum absolute atomic E-state index is 0.0401. The Morgan fingerprint density at radius 1 is 1.14 bits per heavy atom. The largest absolute Gasteiger partial charge is 0.425 e. The van der Waals surface area contributed by atoms with Crippen LogP contribution in [0, 0.1) is 6.92 Å². The normalized spacial score (nSPS) is 15.0. The first kappa shape index (κ1) is 25.5. The van der Waals surface area contributed by atoms with Crippen molar-refractivity contribution in [3.63, 3.8) is 0 Å². The highest BCUT2D eigenvalue weighted by atomic mass is 35.5. The molecule has 0 bridgehead atoms. The first-order chi connectivity index (χ1) is 16.6. The van der Waals surface area contributed by atoms with Crippen LogP contribution in [0.3, 0.4) is 0 Å². The summed E-state index contributed by atoms with van der Waals surface area (Å²) in [7, 11) is 0. The zero-order valence-electron chi connectivity index (χ0n) is 18.9. The molecule has 3 aromatic rings. The number of rotatable bonds is 9. The van der Waals surface area contributed by atoms with Crippen molar-refractivity contribution in [3.05, 3.63) is 86.6 Å². The van der Waals surface area contributed by atoms with E-state index in [1.54, 1.807) is 25.1 Å². The van der Waals surface area contributed by atoms with E-state index in [9.17, 15) is 18.0 Å². The second kappa shape index (κ2) is 10.5. The Balaban J connectivity index is 1.40. The zero-order valence-corrected chi connectivity index (χ0v) is 20.4. The summed E-state index contributed by atoms with van der Waals surface area (Å²) < 4.78 is 46.7. The van der Waals surface area contributed by atoms with Gasteiger partial charge in [-0.3, -0.25) is 4.79 Å². The maximum atomic E-state index is 13.7. The van der Waals surface area contributed by atoms with Gasteiger partial charge in [-0.05, 0) is 61.1 Å². The van der Waals surface area contributed by atoms with Crippen molar-refractivity contribution < 1.29 is 22.4 Å². The van der Waals surface area contributed by atoms with Crippen LogP contribution in [0.1, 0.15) is 76.3 Å². The molecule has 0 radical (unpaired) electrons. The molecule has 9 heteroatoms. The van der Waals surface area contributed by atoms with E-state index in [-0.39, 0.29) is 21.4 Å². The molecule has 1 fully saturated rings. The first-order valence-corrected chi connectivity index (χ1v) is 12.0. The molecule has 1 aliphatic rings. The van der Waals surface area contributed by atoms with E-state index in [0.717, 1.165) is 18.9 Å². The number of Topliss-reactive ketones (excluding diaryl/α,β-unsaturated/α-hetero) is 1. The van der Waals surface area contributed by atoms with Crippen molar-refractivity contribution in [2.45, 2.75) is 57.0 Å². The molecule has 4 rings (SSSR count). The average molecular weight is 523 g/mol. The molecular weight excluding hydrogens is 500 g/mol. The number of ketones is 1. The standard InChI is InChI=1S/C26H23Cl2F3N2O2/c1-15-11-16(6-10-22(26(29,30)31)18-12-19(27)14-20(28)13-18)5-9-21(15)23(34)3-2-4-24-32-33-25(35-24)17-7-8-17/h5-6,9-14,17,22H,2-4,7-8H2,1H3/b10-6+. The molecule has 1 unspecified atom stereocenters. The third kappa shape index (κ3) is 6.73. The van der Waals surface area contributed by atoms with E-state index in [4.69, 9.17) is 27.6 Å². The molecule has 1 saturated carbocycles. The van der Waals surface area contributed by atoms with E-state index >= 15 is 0 Å². The molecule has 0 amide bonds. The van der Waals surface area contributed by atoms with Crippen LogP contribution in [0.5, 0.6) is 0 Å². The Morgan fingerprint density at radius 3 is 2.49 bits per heavy atom. The van der Waals surface area contributed by atoms with Gasteiger partial charge in [0.1, 0.15) is 0 Å². The highest BCUT2D eigenvalue weighted by Gasteiger charge is 2.39. The van der Waals surface area contributed by atoms with Gasteiger partial charge in [-0.2, -0.15) is 13.2 Å². The monoisotopic (exact) mass is 522 g/mol. The lowest BCUT2D eigenvalue weighted by molar-refractivity contribution is -0.139. The van der Waals surface area contributed by atoms with Gasteiger partial charge in [-0.15, -0.1) is 10.2 Å². The van der Waals surface area contributed by atoms with Gasteiger partial charge in [0, 0.05) is 34.4 Å². The topological polar surface area (TPSA) is 56.0 Å². The summed E-state index contributed by atoms with van der Waals surface area (Å²) in [6, 6.07) is 8.87. The van der Waals surface area contributed by atoms with E-state index in [0.29, 0.717) is 53.7 Å². The highest BCUT2D eigenvalue weighted by molar-refractivity contribution is 6.34. The average Bonchev–Trinajstić information content (AvgIpc) is 3.51. The van der Waals surface area contributed by atoms with Crippen LogP contribution < -0.4 is 0 Å². The quantitative estimate of drug-likeness (QED) is 0.266. The molecule has 4 nitrogen and oxygen atoms in total. The first-order valence-electron chi connectivity index (χ1n) is 11.3. The van der Waals surface area contributed by atoms with Crippen molar-refractivity contribution >= 4 is 35.1 Å². The fourth-order valence-corrected chi connectivity index (χ4v) is 4.42. The van der Waals surface area contributed by atoms with Crippen LogP contribution in [0.4, 0.5) is 13.2 Å². The number of allylic oxidation sites excluding steroid dienone is 1. The van der Waals surface area contributed by atoms with E-state index in [1.165, 1.54) is 24.3 Å². The molecule has 2 aromatic carbocycles. The molecule has 0 aliphatic heterocycles. The number of hydrogen-bond acceptors (Lipinski definition) is 4. The van der Waals surface area contributed by atoms with Crippen LogP contribution in [-0.4, -0.2) is 22.2 Å². The minimum atomic E-state index is -4.52. The number of alkyl halides is 3. The van der Waals surface area contributed by atoms with Gasteiger partial charge in [0.25, 0.3) is 0 Å². The van der Waals surface area contributed by atoms with Gasteiger partial charge >= 0.3 is 6.18 Å². The summed E-state index contributed by atoms with van der Waals surface area (Å²) in [5.41, 5.74) is 1.75. The molecule has 0 N–H and O–H groups in total. The Morgan fingerprint density at radius 2 is 1.86 bits per heavy atom. The van der Waals surface area contributed by atoms with Crippen molar-refractivity contribution in [3.8, 4) is 0 Å². The molecule has 184 valence electrons. The summed E-state index contributed by atoms with van der Waals surface area (Å²) >= 11 is 11.8. The molecule has 0 saturated heterocycles. The van der Waals surface area contributed by atoms with Crippen LogP contribution in [0.2, 0.25) is 10.0 Å². The Labute approximate surface area is 211 Å². The molecule has 35 heavy (non-hydrogen) atoms. The third-order valence-corrected chi connectivity index (χ3v) is 6.27. The number of carbonyl (C=O) groups is 1. The number of nitrogens with zero attached hydrogens (tertiary/aromatic N) is 2. The Kier molecular flexibility index (Phi) is 7.67. The van der Waals surface area contributed by atoms with Crippen LogP contribution in [0.15, 0.2) is 46.9 Å². The summed E-state index contributed by atoms with van der Waals surface area (Å²) in [6.07, 6.45) is 1.50. The predicted molar refractivity (Wildman–Crippen MR) is 129 cm³/mol. The Bertz CT molecular complexity index is 1230. The molecule has 1 aliphatic carbocycles.